The maximum Gasteiger partial charge on any atom is 0.125 e. The van der Waals surface area contributed by atoms with Crippen LogP contribution in [0.4, 0.5) is 0 Å². The third-order valence-electron chi connectivity index (χ3n) is 3.87. The number of oxime groups is 1. The highest BCUT2D eigenvalue weighted by molar-refractivity contribution is 8.00. The van der Waals surface area contributed by atoms with Crippen LogP contribution >= 0.6 is 35.4 Å². The van der Waals surface area contributed by atoms with Crippen molar-refractivity contribution in [2.45, 2.75) is 55.6 Å². The topological polar surface area (TPSA) is 21.6 Å². The fourth-order valence-electron chi connectivity index (χ4n) is 2.43. The van der Waals surface area contributed by atoms with E-state index in [9.17, 15) is 0 Å². The molecule has 2 aromatic rings. The second-order valence-corrected chi connectivity index (χ2v) is 9.83. The number of rotatable bonds is 3. The largest absolute Gasteiger partial charge is 0.317 e. The Balaban J connectivity index is 0.000000596. The second-order valence-electron chi connectivity index (χ2n) is 6.85. The zero-order chi connectivity index (χ0) is 19.9. The molecule has 0 fully saturated rings. The smallest absolute Gasteiger partial charge is 0.125 e. The van der Waals surface area contributed by atoms with Gasteiger partial charge >= 0.3 is 0 Å². The fourth-order valence-corrected chi connectivity index (χ4v) is 4.29. The van der Waals surface area contributed by atoms with Gasteiger partial charge < -0.3 is 4.28 Å². The monoisotopic (exact) mass is 419 g/mol. The van der Waals surface area contributed by atoms with Crippen LogP contribution in [0.15, 0.2) is 69.6 Å². The standard InChI is InChI=1S/C18H18ClNOS2.C4H8/c1-12-4-7-14(8-5-12)23-21-20-16-11-18(2,3)22-17-9-6-13(19)10-15(16)17;1-3-4-2/h4-10H,11H2,1-3H3;3-4H,1-2H3/b20-16+;4-3-. The lowest BCUT2D eigenvalue weighted by molar-refractivity contribution is 0.402. The van der Waals surface area contributed by atoms with Crippen LogP contribution in [0, 0.1) is 6.92 Å². The van der Waals surface area contributed by atoms with Crippen LogP contribution in [0.3, 0.4) is 0 Å². The van der Waals surface area contributed by atoms with Crippen molar-refractivity contribution in [3.63, 3.8) is 0 Å². The molecule has 1 heterocycles. The summed E-state index contributed by atoms with van der Waals surface area (Å²) < 4.78 is 5.64. The van der Waals surface area contributed by atoms with Gasteiger partial charge in [0, 0.05) is 26.6 Å². The zero-order valence-corrected chi connectivity index (χ0v) is 18.8. The van der Waals surface area contributed by atoms with Crippen molar-refractivity contribution in [1.82, 2.24) is 0 Å². The molecule has 1 aliphatic heterocycles. The summed E-state index contributed by atoms with van der Waals surface area (Å²) in [5, 5.41) is 5.11. The quantitative estimate of drug-likeness (QED) is 0.286. The number of hydrogen-bond acceptors (Lipinski definition) is 4. The molecule has 0 saturated carbocycles. The van der Waals surface area contributed by atoms with Crippen LogP contribution in [-0.4, -0.2) is 10.5 Å². The van der Waals surface area contributed by atoms with E-state index in [2.05, 4.69) is 44.1 Å². The average molecular weight is 420 g/mol. The number of fused-ring (bicyclic) bond motifs is 1. The van der Waals surface area contributed by atoms with Crippen LogP contribution in [0.1, 0.15) is 45.2 Å². The molecule has 0 saturated heterocycles. The maximum absolute atomic E-state index is 6.15. The Bertz CT molecular complexity index is 810. The van der Waals surface area contributed by atoms with Crippen LogP contribution < -0.4 is 0 Å². The minimum absolute atomic E-state index is 0.0948. The molecule has 0 N–H and O–H groups in total. The molecule has 0 amide bonds. The molecule has 27 heavy (non-hydrogen) atoms. The van der Waals surface area contributed by atoms with Gasteiger partial charge in [-0.2, -0.15) is 0 Å². The van der Waals surface area contributed by atoms with E-state index in [4.69, 9.17) is 15.9 Å². The minimum atomic E-state index is 0.0948. The van der Waals surface area contributed by atoms with Gasteiger partial charge in [-0.1, -0.05) is 46.6 Å². The molecule has 0 radical (unpaired) electrons. The molecule has 0 atom stereocenters. The van der Waals surface area contributed by atoms with Crippen LogP contribution in [0.25, 0.3) is 0 Å². The van der Waals surface area contributed by atoms with Gasteiger partial charge in [-0.15, -0.1) is 11.8 Å². The third-order valence-corrected chi connectivity index (χ3v) is 5.99. The summed E-state index contributed by atoms with van der Waals surface area (Å²) in [6.07, 6.45) is 4.85. The number of thioether (sulfide) groups is 1. The van der Waals surface area contributed by atoms with Crippen molar-refractivity contribution >= 4 is 41.1 Å². The minimum Gasteiger partial charge on any atom is -0.317 e. The number of nitrogens with zero attached hydrogens (tertiary/aromatic N) is 1. The van der Waals surface area contributed by atoms with Gasteiger partial charge in [0.2, 0.25) is 0 Å². The van der Waals surface area contributed by atoms with Crippen molar-refractivity contribution < 1.29 is 4.28 Å². The summed E-state index contributed by atoms with van der Waals surface area (Å²) in [7, 11) is 0. The molecule has 0 aliphatic carbocycles. The lowest BCUT2D eigenvalue weighted by Gasteiger charge is -2.31. The first-order valence-corrected chi connectivity index (χ1v) is 10.8. The van der Waals surface area contributed by atoms with Crippen molar-refractivity contribution in [3.8, 4) is 0 Å². The first kappa shape index (κ1) is 21.9. The molecular formula is C22H26ClNOS2. The summed E-state index contributed by atoms with van der Waals surface area (Å²) in [5.74, 6) is 0. The highest BCUT2D eigenvalue weighted by Crippen LogP contribution is 2.43. The van der Waals surface area contributed by atoms with Gasteiger partial charge in [-0.25, -0.2) is 0 Å². The summed E-state index contributed by atoms with van der Waals surface area (Å²) in [6.45, 7) is 10.5. The summed E-state index contributed by atoms with van der Waals surface area (Å²) in [4.78, 5) is 2.24. The van der Waals surface area contributed by atoms with E-state index in [1.165, 1.54) is 22.5 Å². The number of benzene rings is 2. The molecule has 2 aromatic carbocycles. The van der Waals surface area contributed by atoms with E-state index in [0.717, 1.165) is 27.6 Å². The Morgan fingerprint density at radius 1 is 1.11 bits per heavy atom. The highest BCUT2D eigenvalue weighted by Gasteiger charge is 2.31. The molecule has 0 unspecified atom stereocenters. The van der Waals surface area contributed by atoms with Crippen molar-refractivity contribution in [2.24, 2.45) is 5.16 Å². The van der Waals surface area contributed by atoms with Crippen molar-refractivity contribution in [2.75, 3.05) is 0 Å². The Hall–Kier alpha value is -1.36. The second kappa shape index (κ2) is 10.3. The summed E-state index contributed by atoms with van der Waals surface area (Å²) in [5.41, 5.74) is 3.26. The molecule has 0 aromatic heterocycles. The van der Waals surface area contributed by atoms with E-state index in [-0.39, 0.29) is 4.75 Å². The van der Waals surface area contributed by atoms with E-state index in [0.29, 0.717) is 0 Å². The lowest BCUT2D eigenvalue weighted by atomic mass is 9.99. The van der Waals surface area contributed by atoms with Crippen molar-refractivity contribution in [1.29, 1.82) is 0 Å². The summed E-state index contributed by atoms with van der Waals surface area (Å²) >= 11 is 9.28. The van der Waals surface area contributed by atoms with Crippen LogP contribution in [0.2, 0.25) is 5.02 Å². The molecule has 0 spiro atoms. The maximum atomic E-state index is 6.15. The number of halogens is 1. The molecule has 0 bridgehead atoms. The Labute approximate surface area is 176 Å². The van der Waals surface area contributed by atoms with Gasteiger partial charge in [0.15, 0.2) is 0 Å². The van der Waals surface area contributed by atoms with Gasteiger partial charge in [-0.3, -0.25) is 0 Å². The molecule has 144 valence electrons. The molecule has 1 aliphatic rings. The SMILES string of the molecule is C/C=C\C.Cc1ccc(SO/N=C2\CC(C)(C)Sc3ccc(Cl)cc32)cc1. The molecule has 3 rings (SSSR count). The lowest BCUT2D eigenvalue weighted by Crippen LogP contribution is -2.26. The van der Waals surface area contributed by atoms with E-state index < -0.39 is 0 Å². The first-order chi connectivity index (χ1) is 12.8. The number of aryl methyl sites for hydroxylation is 1. The van der Waals surface area contributed by atoms with Gasteiger partial charge in [0.05, 0.1) is 10.6 Å². The summed E-state index contributed by atoms with van der Waals surface area (Å²) in [6, 6.07) is 14.2. The molecule has 5 heteroatoms. The molecule has 2 nitrogen and oxygen atoms in total. The van der Waals surface area contributed by atoms with Gasteiger partial charge in [0.1, 0.15) is 12.0 Å². The van der Waals surface area contributed by atoms with E-state index in [1.54, 1.807) is 0 Å². The van der Waals surface area contributed by atoms with Crippen LogP contribution in [0.5, 0.6) is 0 Å². The van der Waals surface area contributed by atoms with E-state index >= 15 is 0 Å². The predicted octanol–water partition coefficient (Wildman–Crippen LogP) is 7.93. The Morgan fingerprint density at radius 2 is 1.78 bits per heavy atom. The predicted molar refractivity (Wildman–Crippen MR) is 121 cm³/mol. The van der Waals surface area contributed by atoms with Gasteiger partial charge in [-0.05, 0) is 65.0 Å². The van der Waals surface area contributed by atoms with E-state index in [1.807, 2.05) is 62.0 Å². The van der Waals surface area contributed by atoms with Crippen molar-refractivity contribution in [3.05, 3.63) is 70.8 Å². The Kier molecular flexibility index (Phi) is 8.33. The Morgan fingerprint density at radius 3 is 2.41 bits per heavy atom. The highest BCUT2D eigenvalue weighted by atomic mass is 35.5. The average Bonchev–Trinajstić information content (AvgIpc) is 2.63. The number of hydrogen-bond donors (Lipinski definition) is 0. The first-order valence-electron chi connectivity index (χ1n) is 8.88. The third kappa shape index (κ3) is 6.95. The zero-order valence-electron chi connectivity index (χ0n) is 16.5. The van der Waals surface area contributed by atoms with Crippen LogP contribution in [-0.2, 0) is 4.28 Å². The fraction of sp³-hybridized carbons (Fsp3) is 0.318. The number of allylic oxidation sites excluding steroid dienone is 2. The molecular weight excluding hydrogens is 394 g/mol. The van der Waals surface area contributed by atoms with Gasteiger partial charge in [0.25, 0.3) is 0 Å². The normalized spacial score (nSPS) is 16.6.